The van der Waals surface area contributed by atoms with Gasteiger partial charge >= 0.3 is 5.97 Å². The molecule has 2 aromatic rings. The average molecular weight is 567 g/mol. The Morgan fingerprint density at radius 3 is 2.53 bits per heavy atom. The maximum atomic E-state index is 12.7. The van der Waals surface area contributed by atoms with Gasteiger partial charge in [-0.15, -0.1) is 0 Å². The molecule has 9 nitrogen and oxygen atoms in total. The number of piperidine rings is 1. The average Bonchev–Trinajstić information content (AvgIpc) is 3.21. The number of aliphatic hydroxyl groups excluding tert-OH is 1. The van der Waals surface area contributed by atoms with Crippen molar-refractivity contribution in [2.75, 3.05) is 40.3 Å². The number of hydrogen-bond acceptors (Lipinski definition) is 7. The quantitative estimate of drug-likeness (QED) is 0.472. The standard InChI is InChI=1S/C27H32Cl2N2O7/c1-16(26(34)35)37-24-12-23(20(11-21(24)29)25(33)30(2)3)36-15-19(32)14-31-8-6-27(7-9-31)13-17-10-18(28)4-5-22(17)38-27/h4-5,10-12,16,19,32H,6-9,13-15H2,1-3H3,(H,34,35)/t16?,19-/m1/s1. The van der Waals surface area contributed by atoms with Gasteiger partial charge in [-0.1, -0.05) is 23.2 Å². The summed E-state index contributed by atoms with van der Waals surface area (Å²) in [6, 6.07) is 8.49. The number of hydrogen-bond donors (Lipinski definition) is 2. The molecule has 2 heterocycles. The predicted octanol–water partition coefficient (Wildman–Crippen LogP) is 3.76. The topological polar surface area (TPSA) is 109 Å². The summed E-state index contributed by atoms with van der Waals surface area (Å²) in [6.07, 6.45) is 0.497. The second-order valence-corrected chi connectivity index (χ2v) is 10.9. The molecule has 2 atom stereocenters. The molecule has 38 heavy (non-hydrogen) atoms. The van der Waals surface area contributed by atoms with Gasteiger partial charge in [-0.25, -0.2) is 4.79 Å². The summed E-state index contributed by atoms with van der Waals surface area (Å²) in [4.78, 5) is 27.5. The zero-order chi connectivity index (χ0) is 27.6. The van der Waals surface area contributed by atoms with Gasteiger partial charge in [0.2, 0.25) is 0 Å². The molecule has 2 aliphatic rings. The SMILES string of the molecule is CC(Oc1cc(OC[C@H](O)CN2CCC3(CC2)Cc2cc(Cl)ccc2O3)c(C(=O)N(C)C)cc1Cl)C(=O)O. The molecule has 0 aromatic heterocycles. The van der Waals surface area contributed by atoms with Crippen LogP contribution >= 0.6 is 23.2 Å². The van der Waals surface area contributed by atoms with E-state index in [4.69, 9.17) is 42.5 Å². The van der Waals surface area contributed by atoms with Crippen LogP contribution in [0.25, 0.3) is 0 Å². The Kier molecular flexibility index (Phi) is 8.62. The molecule has 0 saturated carbocycles. The van der Waals surface area contributed by atoms with Crippen LogP contribution in [-0.4, -0.2) is 90.0 Å². The largest absolute Gasteiger partial charge is 0.490 e. The number of ether oxygens (including phenoxy) is 3. The fraction of sp³-hybridized carbons (Fsp3) is 0.481. The van der Waals surface area contributed by atoms with Gasteiger partial charge < -0.3 is 34.2 Å². The minimum Gasteiger partial charge on any atom is -0.490 e. The number of halogens is 2. The van der Waals surface area contributed by atoms with Gasteiger partial charge in [0.25, 0.3) is 5.91 Å². The van der Waals surface area contributed by atoms with Crippen molar-refractivity contribution >= 4 is 35.1 Å². The third kappa shape index (κ3) is 6.46. The van der Waals surface area contributed by atoms with Crippen LogP contribution in [0.4, 0.5) is 0 Å². The van der Waals surface area contributed by atoms with E-state index in [1.807, 2.05) is 18.2 Å². The number of aliphatic hydroxyl groups is 1. The number of rotatable bonds is 9. The number of amides is 1. The molecule has 0 bridgehead atoms. The van der Waals surface area contributed by atoms with Gasteiger partial charge in [0, 0.05) is 64.1 Å². The second kappa shape index (κ2) is 11.6. The molecule has 11 heteroatoms. The first-order valence-electron chi connectivity index (χ1n) is 12.4. The van der Waals surface area contributed by atoms with Crippen LogP contribution in [0, 0.1) is 0 Å². The minimum atomic E-state index is -1.16. The van der Waals surface area contributed by atoms with Crippen LogP contribution in [-0.2, 0) is 11.2 Å². The van der Waals surface area contributed by atoms with Gasteiger partial charge in [-0.3, -0.25) is 4.79 Å². The Hall–Kier alpha value is -2.72. The molecule has 1 spiro atoms. The van der Waals surface area contributed by atoms with E-state index < -0.39 is 18.2 Å². The third-order valence-corrected chi connectivity index (χ3v) is 7.38. The number of nitrogens with zero attached hydrogens (tertiary/aromatic N) is 2. The summed E-state index contributed by atoms with van der Waals surface area (Å²) >= 11 is 12.4. The summed E-state index contributed by atoms with van der Waals surface area (Å²) in [7, 11) is 3.19. The Labute approximate surface area is 231 Å². The van der Waals surface area contributed by atoms with Crippen molar-refractivity contribution in [3.8, 4) is 17.2 Å². The molecule has 1 amide bonds. The maximum Gasteiger partial charge on any atom is 0.344 e. The Morgan fingerprint density at radius 2 is 1.87 bits per heavy atom. The Balaban J connectivity index is 1.36. The molecule has 1 saturated heterocycles. The predicted molar refractivity (Wildman–Crippen MR) is 143 cm³/mol. The zero-order valence-electron chi connectivity index (χ0n) is 21.6. The van der Waals surface area contributed by atoms with E-state index in [-0.39, 0.29) is 40.2 Å². The number of carbonyl (C=O) groups excluding carboxylic acids is 1. The van der Waals surface area contributed by atoms with E-state index in [1.54, 1.807) is 14.1 Å². The van der Waals surface area contributed by atoms with Crippen molar-refractivity contribution in [1.29, 1.82) is 0 Å². The number of fused-ring (bicyclic) bond motifs is 1. The smallest absolute Gasteiger partial charge is 0.344 e. The van der Waals surface area contributed by atoms with E-state index in [1.165, 1.54) is 24.0 Å². The molecule has 4 rings (SSSR count). The van der Waals surface area contributed by atoms with Crippen molar-refractivity contribution in [3.05, 3.63) is 51.5 Å². The molecular weight excluding hydrogens is 535 g/mol. The normalized spacial score (nSPS) is 17.8. The first-order valence-corrected chi connectivity index (χ1v) is 13.2. The van der Waals surface area contributed by atoms with Gasteiger partial charge in [-0.05, 0) is 36.8 Å². The fourth-order valence-corrected chi connectivity index (χ4v) is 5.16. The lowest BCUT2D eigenvalue weighted by Crippen LogP contribution is -2.49. The molecular formula is C27H32Cl2N2O7. The lowest BCUT2D eigenvalue weighted by Gasteiger charge is -2.39. The van der Waals surface area contributed by atoms with Crippen LogP contribution in [0.2, 0.25) is 10.0 Å². The maximum absolute atomic E-state index is 12.7. The van der Waals surface area contributed by atoms with Crippen LogP contribution in [0.3, 0.4) is 0 Å². The number of aliphatic carboxylic acids is 1. The van der Waals surface area contributed by atoms with Gasteiger partial charge in [0.15, 0.2) is 6.10 Å². The molecule has 0 radical (unpaired) electrons. The van der Waals surface area contributed by atoms with Crippen LogP contribution in [0.15, 0.2) is 30.3 Å². The van der Waals surface area contributed by atoms with Crippen LogP contribution in [0.1, 0.15) is 35.7 Å². The first-order chi connectivity index (χ1) is 18.0. The Bertz CT molecular complexity index is 1200. The lowest BCUT2D eigenvalue weighted by atomic mass is 9.87. The van der Waals surface area contributed by atoms with Crippen molar-refractivity contribution in [2.45, 2.75) is 44.0 Å². The molecule has 206 valence electrons. The number of carbonyl (C=O) groups is 2. The third-order valence-electron chi connectivity index (χ3n) is 6.85. The molecule has 1 unspecified atom stereocenters. The molecule has 2 N–H and O–H groups in total. The van der Waals surface area contributed by atoms with E-state index in [0.29, 0.717) is 11.6 Å². The van der Waals surface area contributed by atoms with Gasteiger partial charge in [-0.2, -0.15) is 0 Å². The molecule has 0 aliphatic carbocycles. The zero-order valence-corrected chi connectivity index (χ0v) is 23.1. The Morgan fingerprint density at radius 1 is 1.16 bits per heavy atom. The summed E-state index contributed by atoms with van der Waals surface area (Å²) in [5.74, 6) is -0.404. The fourth-order valence-electron chi connectivity index (χ4n) is 4.75. The summed E-state index contributed by atoms with van der Waals surface area (Å²) in [6.45, 7) is 3.20. The van der Waals surface area contributed by atoms with E-state index in [9.17, 15) is 14.7 Å². The highest BCUT2D eigenvalue weighted by Crippen LogP contribution is 2.42. The van der Waals surface area contributed by atoms with Gasteiger partial charge in [0.05, 0.1) is 10.6 Å². The number of benzene rings is 2. The summed E-state index contributed by atoms with van der Waals surface area (Å²) in [5.41, 5.74) is 1.08. The van der Waals surface area contributed by atoms with E-state index >= 15 is 0 Å². The summed E-state index contributed by atoms with van der Waals surface area (Å²) in [5, 5.41) is 20.7. The summed E-state index contributed by atoms with van der Waals surface area (Å²) < 4.78 is 17.6. The van der Waals surface area contributed by atoms with Crippen molar-refractivity contribution < 1.29 is 34.0 Å². The monoisotopic (exact) mass is 566 g/mol. The first kappa shape index (κ1) is 28.3. The van der Waals surface area contributed by atoms with Crippen molar-refractivity contribution in [2.24, 2.45) is 0 Å². The number of carboxylic acids is 1. The highest BCUT2D eigenvalue weighted by molar-refractivity contribution is 6.32. The van der Waals surface area contributed by atoms with E-state index in [2.05, 4.69) is 4.90 Å². The number of β-amino-alcohol motifs (C(OH)–C–C–N with tert-alkyl or cyclic N) is 1. The molecule has 2 aromatic carbocycles. The van der Waals surface area contributed by atoms with Crippen LogP contribution in [0.5, 0.6) is 17.2 Å². The van der Waals surface area contributed by atoms with Crippen molar-refractivity contribution in [3.63, 3.8) is 0 Å². The number of likely N-dealkylation sites (tertiary alicyclic amines) is 1. The molecule has 2 aliphatic heterocycles. The lowest BCUT2D eigenvalue weighted by molar-refractivity contribution is -0.144. The van der Waals surface area contributed by atoms with E-state index in [0.717, 1.165) is 43.7 Å². The second-order valence-electron chi connectivity index (χ2n) is 10.1. The number of carboxylic acid groups (broad SMARTS) is 1. The van der Waals surface area contributed by atoms with Crippen molar-refractivity contribution in [1.82, 2.24) is 9.80 Å². The molecule has 1 fully saturated rings. The highest BCUT2D eigenvalue weighted by Gasteiger charge is 2.42. The van der Waals surface area contributed by atoms with Crippen LogP contribution < -0.4 is 14.2 Å². The van der Waals surface area contributed by atoms with Gasteiger partial charge in [0.1, 0.15) is 35.6 Å². The highest BCUT2D eigenvalue weighted by atomic mass is 35.5. The minimum absolute atomic E-state index is 0.0709.